The van der Waals surface area contributed by atoms with Gasteiger partial charge in [0.05, 0.1) is 15.5 Å². The number of halogens is 3. The molecule has 1 aromatic carbocycles. The lowest BCUT2D eigenvalue weighted by atomic mass is 10.2. The predicted octanol–water partition coefficient (Wildman–Crippen LogP) is 3.31. The zero-order chi connectivity index (χ0) is 17.9. The molecule has 130 valence electrons. The highest BCUT2D eigenvalue weighted by Gasteiger charge is 2.27. The Morgan fingerprint density at radius 2 is 2.21 bits per heavy atom. The molecule has 0 saturated heterocycles. The number of aryl methyl sites for hydroxylation is 1. The van der Waals surface area contributed by atoms with Crippen LogP contribution < -0.4 is 10.1 Å². The molecule has 1 heterocycles. The minimum absolute atomic E-state index is 0.0114. The van der Waals surface area contributed by atoms with Gasteiger partial charge in [0.1, 0.15) is 5.75 Å². The van der Waals surface area contributed by atoms with E-state index in [1.54, 1.807) is 6.26 Å². The number of carbonyl (C=O) groups is 1. The fourth-order valence-corrected chi connectivity index (χ4v) is 2.93. The molecule has 0 aliphatic rings. The average Bonchev–Trinajstić information content (AvgIpc) is 2.93. The number of rotatable bonds is 6. The topological polar surface area (TPSA) is 81.9 Å². The molecule has 0 aliphatic heterocycles. The minimum Gasteiger partial charge on any atom is -0.432 e. The van der Waals surface area contributed by atoms with Gasteiger partial charge in [-0.25, -0.2) is 4.68 Å². The summed E-state index contributed by atoms with van der Waals surface area (Å²) in [7, 11) is 0. The molecular weight excluding hydrogens is 364 g/mol. The molecule has 0 aliphatic carbocycles. The standard InChI is InChI=1S/C13H14ClF2N5O2S/c1-4-21-12(18-19-20-21)17-11(22)7-5-6-8(23-13(2,15)16)10(24-3)9(7)14/h5-6H,4H2,1-3H3,(H,17,18,20,22). The molecule has 1 N–H and O–H groups in total. The molecular formula is C13H14ClF2N5O2S. The molecule has 0 atom stereocenters. The van der Waals surface area contributed by atoms with E-state index < -0.39 is 12.0 Å². The van der Waals surface area contributed by atoms with Crippen LogP contribution >= 0.6 is 23.4 Å². The summed E-state index contributed by atoms with van der Waals surface area (Å²) in [5.74, 6) is -0.505. The smallest absolute Gasteiger partial charge is 0.394 e. The van der Waals surface area contributed by atoms with Crippen molar-refractivity contribution in [2.75, 3.05) is 11.6 Å². The Hall–Kier alpha value is -1.94. The number of thioether (sulfide) groups is 1. The number of anilines is 1. The summed E-state index contributed by atoms with van der Waals surface area (Å²) in [5, 5.41) is 13.4. The van der Waals surface area contributed by atoms with Gasteiger partial charge < -0.3 is 4.74 Å². The van der Waals surface area contributed by atoms with Crippen molar-refractivity contribution in [3.05, 3.63) is 22.7 Å². The summed E-state index contributed by atoms with van der Waals surface area (Å²) < 4.78 is 32.1. The predicted molar refractivity (Wildman–Crippen MR) is 85.9 cm³/mol. The highest BCUT2D eigenvalue weighted by Crippen LogP contribution is 2.39. The van der Waals surface area contributed by atoms with Crippen molar-refractivity contribution in [1.29, 1.82) is 0 Å². The van der Waals surface area contributed by atoms with Gasteiger partial charge in [-0.15, -0.1) is 11.8 Å². The molecule has 2 rings (SSSR count). The van der Waals surface area contributed by atoms with Gasteiger partial charge in [0.2, 0.25) is 5.95 Å². The number of hydrogen-bond acceptors (Lipinski definition) is 6. The molecule has 0 radical (unpaired) electrons. The lowest BCUT2D eigenvalue weighted by molar-refractivity contribution is -0.160. The molecule has 0 unspecified atom stereocenters. The van der Waals surface area contributed by atoms with Crippen LogP contribution in [0.15, 0.2) is 17.0 Å². The SMILES string of the molecule is CCn1nnnc1NC(=O)c1ccc(OC(C)(F)F)c(SC)c1Cl. The van der Waals surface area contributed by atoms with Crippen molar-refractivity contribution in [3.63, 3.8) is 0 Å². The Bertz CT molecular complexity index is 750. The molecule has 11 heteroatoms. The van der Waals surface area contributed by atoms with Gasteiger partial charge in [-0.3, -0.25) is 10.1 Å². The van der Waals surface area contributed by atoms with E-state index in [-0.39, 0.29) is 27.2 Å². The number of alkyl halides is 2. The third-order valence-electron chi connectivity index (χ3n) is 2.86. The van der Waals surface area contributed by atoms with Crippen LogP contribution in [-0.2, 0) is 6.54 Å². The van der Waals surface area contributed by atoms with E-state index in [0.29, 0.717) is 13.5 Å². The zero-order valence-corrected chi connectivity index (χ0v) is 14.6. The number of nitrogens with zero attached hydrogens (tertiary/aromatic N) is 4. The fraction of sp³-hybridized carbons (Fsp3) is 0.385. The van der Waals surface area contributed by atoms with Crippen molar-refractivity contribution in [2.24, 2.45) is 0 Å². The van der Waals surface area contributed by atoms with Crippen LogP contribution in [0.1, 0.15) is 24.2 Å². The maximum absolute atomic E-state index is 13.1. The summed E-state index contributed by atoms with van der Waals surface area (Å²) >= 11 is 7.28. The first-order valence-corrected chi connectivity index (χ1v) is 8.38. The van der Waals surface area contributed by atoms with Crippen molar-refractivity contribution >= 4 is 35.2 Å². The van der Waals surface area contributed by atoms with Crippen molar-refractivity contribution in [1.82, 2.24) is 20.2 Å². The largest absolute Gasteiger partial charge is 0.432 e. The maximum Gasteiger partial charge on any atom is 0.394 e. The second-order valence-electron chi connectivity index (χ2n) is 4.64. The summed E-state index contributed by atoms with van der Waals surface area (Å²) in [6, 6.07) is 2.57. The number of benzene rings is 1. The van der Waals surface area contributed by atoms with E-state index in [1.807, 2.05) is 6.92 Å². The Morgan fingerprint density at radius 1 is 1.50 bits per heavy atom. The fourth-order valence-electron chi connectivity index (χ4n) is 1.85. The van der Waals surface area contributed by atoms with Crippen LogP contribution in [0, 0.1) is 0 Å². The number of tetrazole rings is 1. The van der Waals surface area contributed by atoms with Gasteiger partial charge in [0.25, 0.3) is 5.91 Å². The third kappa shape index (κ3) is 4.12. The van der Waals surface area contributed by atoms with Gasteiger partial charge in [0, 0.05) is 13.5 Å². The molecule has 0 spiro atoms. The number of amides is 1. The van der Waals surface area contributed by atoms with E-state index in [1.165, 1.54) is 16.8 Å². The monoisotopic (exact) mass is 377 g/mol. The molecule has 0 saturated carbocycles. The maximum atomic E-state index is 13.1. The summed E-state index contributed by atoms with van der Waals surface area (Å²) in [6.45, 7) is 2.89. The van der Waals surface area contributed by atoms with E-state index in [2.05, 4.69) is 25.6 Å². The van der Waals surface area contributed by atoms with E-state index in [0.717, 1.165) is 11.8 Å². The van der Waals surface area contributed by atoms with Crippen LogP contribution in [0.25, 0.3) is 0 Å². The molecule has 1 aromatic heterocycles. The van der Waals surface area contributed by atoms with E-state index >= 15 is 0 Å². The second-order valence-corrected chi connectivity index (χ2v) is 5.84. The van der Waals surface area contributed by atoms with Crippen molar-refractivity contribution in [2.45, 2.75) is 31.4 Å². The highest BCUT2D eigenvalue weighted by atomic mass is 35.5. The summed E-state index contributed by atoms with van der Waals surface area (Å²) in [4.78, 5) is 12.6. The average molecular weight is 378 g/mol. The van der Waals surface area contributed by atoms with Crippen LogP contribution in [0.3, 0.4) is 0 Å². The zero-order valence-electron chi connectivity index (χ0n) is 13.0. The highest BCUT2D eigenvalue weighted by molar-refractivity contribution is 7.98. The summed E-state index contributed by atoms with van der Waals surface area (Å²) in [6.07, 6.45) is -1.72. The van der Waals surface area contributed by atoms with Crippen molar-refractivity contribution < 1.29 is 18.3 Å². The van der Waals surface area contributed by atoms with Crippen LogP contribution in [0.4, 0.5) is 14.7 Å². The van der Waals surface area contributed by atoms with Gasteiger partial charge in [-0.05, 0) is 35.7 Å². The van der Waals surface area contributed by atoms with Crippen LogP contribution in [0.5, 0.6) is 5.75 Å². The summed E-state index contributed by atoms with van der Waals surface area (Å²) in [5.41, 5.74) is 0.0958. The number of hydrogen-bond donors (Lipinski definition) is 1. The molecule has 1 amide bonds. The normalized spacial score (nSPS) is 11.4. The van der Waals surface area contributed by atoms with Gasteiger partial charge in [0.15, 0.2) is 0 Å². The number of nitrogens with one attached hydrogen (secondary N) is 1. The Morgan fingerprint density at radius 3 is 2.79 bits per heavy atom. The first-order valence-electron chi connectivity index (χ1n) is 6.77. The molecule has 0 fully saturated rings. The number of ether oxygens (including phenoxy) is 1. The Labute approximate surface area is 145 Å². The van der Waals surface area contributed by atoms with Crippen LogP contribution in [0.2, 0.25) is 5.02 Å². The van der Waals surface area contributed by atoms with Gasteiger partial charge in [-0.1, -0.05) is 16.7 Å². The number of carbonyl (C=O) groups excluding carboxylic acids is 1. The first kappa shape index (κ1) is 18.4. The molecule has 7 nitrogen and oxygen atoms in total. The molecule has 2 aromatic rings. The Balaban J connectivity index is 2.32. The van der Waals surface area contributed by atoms with Gasteiger partial charge >= 0.3 is 6.11 Å². The van der Waals surface area contributed by atoms with Crippen LogP contribution in [-0.4, -0.2) is 38.5 Å². The quantitative estimate of drug-likeness (QED) is 0.778. The first-order chi connectivity index (χ1) is 11.3. The number of aromatic nitrogens is 4. The lowest BCUT2D eigenvalue weighted by Crippen LogP contribution is -2.20. The van der Waals surface area contributed by atoms with Gasteiger partial charge in [-0.2, -0.15) is 8.78 Å². The lowest BCUT2D eigenvalue weighted by Gasteiger charge is -2.17. The van der Waals surface area contributed by atoms with E-state index in [4.69, 9.17) is 11.6 Å². The minimum atomic E-state index is -3.36. The van der Waals surface area contributed by atoms with Crippen molar-refractivity contribution in [3.8, 4) is 5.75 Å². The Kier molecular flexibility index (Phi) is 5.60. The molecule has 24 heavy (non-hydrogen) atoms. The van der Waals surface area contributed by atoms with E-state index in [9.17, 15) is 13.6 Å². The second kappa shape index (κ2) is 7.31. The third-order valence-corrected chi connectivity index (χ3v) is 4.17. The molecule has 0 bridgehead atoms.